The maximum absolute atomic E-state index is 13.0. The molecule has 0 bridgehead atoms. The van der Waals surface area contributed by atoms with Gasteiger partial charge in [0, 0.05) is 28.2 Å². The highest BCUT2D eigenvalue weighted by molar-refractivity contribution is 9.10. The molecule has 0 aliphatic carbocycles. The minimum atomic E-state index is -0.682. The van der Waals surface area contributed by atoms with E-state index in [1.165, 1.54) is 6.26 Å². The molecule has 7 heteroatoms. The van der Waals surface area contributed by atoms with Gasteiger partial charge in [-0.25, -0.2) is 0 Å². The summed E-state index contributed by atoms with van der Waals surface area (Å²) < 4.78 is 6.14. The van der Waals surface area contributed by atoms with E-state index in [1.54, 1.807) is 35.4 Å². The Morgan fingerprint density at radius 1 is 1.22 bits per heavy atom. The first kappa shape index (κ1) is 19.4. The van der Waals surface area contributed by atoms with Crippen LogP contribution in [0.4, 0.5) is 0 Å². The van der Waals surface area contributed by atoms with E-state index >= 15 is 0 Å². The minimum absolute atomic E-state index is 0.150. The third-order valence-electron chi connectivity index (χ3n) is 4.02. The molecule has 0 aliphatic heterocycles. The van der Waals surface area contributed by atoms with Gasteiger partial charge in [0.05, 0.1) is 12.8 Å². The predicted molar refractivity (Wildman–Crippen MR) is 109 cm³/mol. The van der Waals surface area contributed by atoms with E-state index in [0.717, 1.165) is 14.9 Å². The van der Waals surface area contributed by atoms with Gasteiger partial charge in [0.2, 0.25) is 5.91 Å². The van der Waals surface area contributed by atoms with Gasteiger partial charge in [-0.3, -0.25) is 9.59 Å². The van der Waals surface area contributed by atoms with Gasteiger partial charge in [-0.2, -0.15) is 0 Å². The van der Waals surface area contributed by atoms with Gasteiger partial charge < -0.3 is 14.6 Å². The maximum Gasteiger partial charge on any atom is 0.287 e. The lowest BCUT2D eigenvalue weighted by molar-refractivity contribution is -0.132. The Morgan fingerprint density at radius 2 is 2.00 bits per heavy atom. The van der Waals surface area contributed by atoms with Crippen molar-refractivity contribution in [3.63, 3.8) is 0 Å². The number of rotatable bonds is 7. The Balaban J connectivity index is 1.74. The van der Waals surface area contributed by atoms with Gasteiger partial charge in [-0.1, -0.05) is 30.3 Å². The summed E-state index contributed by atoms with van der Waals surface area (Å²) in [4.78, 5) is 28.1. The van der Waals surface area contributed by atoms with Crippen LogP contribution in [-0.2, 0) is 17.8 Å². The van der Waals surface area contributed by atoms with E-state index in [0.29, 0.717) is 13.0 Å². The zero-order valence-corrected chi connectivity index (χ0v) is 17.1. The number of nitrogens with one attached hydrogen (secondary N) is 1. The van der Waals surface area contributed by atoms with Crippen molar-refractivity contribution in [3.8, 4) is 0 Å². The minimum Gasteiger partial charge on any atom is -0.459 e. The largest absolute Gasteiger partial charge is 0.459 e. The number of amides is 2. The van der Waals surface area contributed by atoms with E-state index in [-0.39, 0.29) is 11.7 Å². The second-order valence-electron chi connectivity index (χ2n) is 6.12. The molecule has 5 nitrogen and oxygen atoms in total. The Hall–Kier alpha value is -2.38. The van der Waals surface area contributed by atoms with Crippen LogP contribution in [-0.4, -0.2) is 29.8 Å². The van der Waals surface area contributed by atoms with Gasteiger partial charge in [0.15, 0.2) is 5.76 Å². The lowest BCUT2D eigenvalue weighted by atomic mass is 10.0. The molecule has 1 atom stereocenters. The summed E-state index contributed by atoms with van der Waals surface area (Å²) in [5.41, 5.74) is 0.975. The van der Waals surface area contributed by atoms with Gasteiger partial charge in [0.25, 0.3) is 5.91 Å². The molecule has 1 aromatic carbocycles. The Labute approximate surface area is 170 Å². The first-order valence-corrected chi connectivity index (χ1v) is 10.1. The van der Waals surface area contributed by atoms with Gasteiger partial charge in [0.1, 0.15) is 6.04 Å². The van der Waals surface area contributed by atoms with Crippen molar-refractivity contribution in [2.75, 3.05) is 7.05 Å². The fraction of sp³-hybridized carbons (Fsp3) is 0.200. The van der Waals surface area contributed by atoms with Crippen LogP contribution in [0.3, 0.4) is 0 Å². The lowest BCUT2D eigenvalue weighted by Gasteiger charge is -2.24. The van der Waals surface area contributed by atoms with Crippen LogP contribution >= 0.6 is 27.3 Å². The quantitative estimate of drug-likeness (QED) is 0.593. The molecule has 1 unspecified atom stereocenters. The van der Waals surface area contributed by atoms with Crippen molar-refractivity contribution < 1.29 is 14.0 Å². The summed E-state index contributed by atoms with van der Waals surface area (Å²) in [5, 5.41) is 4.79. The number of nitrogens with zero attached hydrogens (tertiary/aromatic N) is 1. The van der Waals surface area contributed by atoms with Crippen LogP contribution in [0.2, 0.25) is 0 Å². The molecule has 0 aliphatic rings. The predicted octanol–water partition coefficient (Wildman–Crippen LogP) is 4.10. The van der Waals surface area contributed by atoms with Crippen LogP contribution in [0.25, 0.3) is 0 Å². The van der Waals surface area contributed by atoms with Crippen LogP contribution in [0.1, 0.15) is 21.0 Å². The highest BCUT2D eigenvalue weighted by Gasteiger charge is 2.26. The lowest BCUT2D eigenvalue weighted by Crippen LogP contribution is -2.48. The number of likely N-dealkylation sites (N-methyl/N-ethyl adjacent to an activating group) is 1. The Morgan fingerprint density at radius 3 is 2.63 bits per heavy atom. The molecule has 140 valence electrons. The molecule has 1 N–H and O–H groups in total. The second kappa shape index (κ2) is 9.01. The number of thiophene rings is 1. The van der Waals surface area contributed by atoms with E-state index in [4.69, 9.17) is 4.42 Å². The van der Waals surface area contributed by atoms with Crippen LogP contribution in [0.15, 0.2) is 69.1 Å². The monoisotopic (exact) mass is 446 g/mol. The van der Waals surface area contributed by atoms with E-state index in [2.05, 4.69) is 21.2 Å². The number of hydrogen-bond donors (Lipinski definition) is 1. The number of carbonyl (C=O) groups is 2. The number of benzene rings is 1. The molecule has 0 saturated heterocycles. The molecule has 3 aromatic rings. The molecule has 0 saturated carbocycles. The number of hydrogen-bond acceptors (Lipinski definition) is 4. The highest BCUT2D eigenvalue weighted by atomic mass is 79.9. The summed E-state index contributed by atoms with van der Waals surface area (Å²) in [6.45, 7) is 0.483. The smallest absolute Gasteiger partial charge is 0.287 e. The second-order valence-corrected chi connectivity index (χ2v) is 8.03. The standard InChI is InChI=1S/C20H19BrN2O3S/c1-23(12-16-11-15(21)13-27-16)20(25)17(10-14-6-3-2-4-7-14)22-19(24)18-8-5-9-26-18/h2-9,11,13,17H,10,12H2,1H3,(H,22,24). The number of furan rings is 1. The molecule has 2 heterocycles. The van der Waals surface area contributed by atoms with Crippen molar-refractivity contribution in [1.82, 2.24) is 10.2 Å². The van der Waals surface area contributed by atoms with Crippen molar-refractivity contribution in [2.45, 2.75) is 19.0 Å². The SMILES string of the molecule is CN(Cc1cc(Br)cs1)C(=O)C(Cc1ccccc1)NC(=O)c1ccco1. The zero-order chi connectivity index (χ0) is 19.2. The summed E-state index contributed by atoms with van der Waals surface area (Å²) in [7, 11) is 1.74. The van der Waals surface area contributed by atoms with Crippen LogP contribution < -0.4 is 5.32 Å². The summed E-state index contributed by atoms with van der Waals surface area (Å²) in [6, 6.07) is 14.2. The molecule has 0 radical (unpaired) electrons. The van der Waals surface area contributed by atoms with E-state index in [1.807, 2.05) is 41.8 Å². The fourth-order valence-electron chi connectivity index (χ4n) is 2.70. The molecule has 2 amide bonds. The molecule has 3 rings (SSSR count). The third kappa shape index (κ3) is 5.30. The average molecular weight is 447 g/mol. The molecule has 0 fully saturated rings. The summed E-state index contributed by atoms with van der Waals surface area (Å²) in [6.07, 6.45) is 1.84. The fourth-order valence-corrected chi connectivity index (χ4v) is 4.20. The first-order chi connectivity index (χ1) is 13.0. The number of halogens is 1. The van der Waals surface area contributed by atoms with Crippen molar-refractivity contribution >= 4 is 39.1 Å². The molecular formula is C20H19BrN2O3S. The van der Waals surface area contributed by atoms with E-state index < -0.39 is 11.9 Å². The summed E-state index contributed by atoms with van der Waals surface area (Å²) >= 11 is 5.01. The Bertz CT molecular complexity index is 893. The van der Waals surface area contributed by atoms with Crippen molar-refractivity contribution in [1.29, 1.82) is 0 Å². The summed E-state index contributed by atoms with van der Waals surface area (Å²) in [5.74, 6) is -0.365. The van der Waals surface area contributed by atoms with E-state index in [9.17, 15) is 9.59 Å². The van der Waals surface area contributed by atoms with Gasteiger partial charge >= 0.3 is 0 Å². The Kier molecular flexibility index (Phi) is 6.47. The van der Waals surface area contributed by atoms with Crippen molar-refractivity contribution in [3.05, 3.63) is 80.8 Å². The van der Waals surface area contributed by atoms with Gasteiger partial charge in [-0.05, 0) is 39.7 Å². The molecular weight excluding hydrogens is 428 g/mol. The maximum atomic E-state index is 13.0. The van der Waals surface area contributed by atoms with Crippen LogP contribution in [0, 0.1) is 0 Å². The number of carbonyl (C=O) groups excluding carboxylic acids is 2. The molecule has 27 heavy (non-hydrogen) atoms. The van der Waals surface area contributed by atoms with Gasteiger partial charge in [-0.15, -0.1) is 11.3 Å². The topological polar surface area (TPSA) is 62.6 Å². The molecule has 2 aromatic heterocycles. The third-order valence-corrected chi connectivity index (χ3v) is 5.70. The highest BCUT2D eigenvalue weighted by Crippen LogP contribution is 2.21. The van der Waals surface area contributed by atoms with Crippen molar-refractivity contribution in [2.24, 2.45) is 0 Å². The first-order valence-electron chi connectivity index (χ1n) is 8.39. The average Bonchev–Trinajstić information content (AvgIpc) is 3.33. The molecule has 0 spiro atoms. The normalized spacial score (nSPS) is 11.8. The zero-order valence-electron chi connectivity index (χ0n) is 14.7. The van der Waals surface area contributed by atoms with Crippen LogP contribution in [0.5, 0.6) is 0 Å².